The molecule has 2 N–H and O–H groups in total. The number of rotatable bonds is 11. The molecule has 0 radical (unpaired) electrons. The Hall–Kier alpha value is -5.24. The summed E-state index contributed by atoms with van der Waals surface area (Å²) in [6.07, 6.45) is 14.9. The van der Waals surface area contributed by atoms with Crippen LogP contribution in [0.25, 0.3) is 16.7 Å². The van der Waals surface area contributed by atoms with E-state index in [1.807, 2.05) is 36.4 Å². The molecule has 2 aromatic carbocycles. The summed E-state index contributed by atoms with van der Waals surface area (Å²) in [5.41, 5.74) is 3.46. The van der Waals surface area contributed by atoms with Crippen LogP contribution in [0.3, 0.4) is 0 Å². The van der Waals surface area contributed by atoms with Gasteiger partial charge in [-0.05, 0) is 53.3 Å². The van der Waals surface area contributed by atoms with Crippen LogP contribution >= 0.6 is 0 Å². The molecule has 0 bridgehead atoms. The average molecular weight is 561 g/mol. The third-order valence-electron chi connectivity index (χ3n) is 5.07. The van der Waals surface area contributed by atoms with Gasteiger partial charge in [0.25, 0.3) is 0 Å². The van der Waals surface area contributed by atoms with Crippen molar-refractivity contribution >= 4 is 23.5 Å². The van der Waals surface area contributed by atoms with E-state index >= 15 is 0 Å². The number of hydrogen-bond acceptors (Lipinski definition) is 5. The topological polar surface area (TPSA) is 110 Å². The minimum atomic E-state index is -1.14. The lowest BCUT2D eigenvalue weighted by Gasteiger charge is -2.08. The fraction of sp³-hybridized carbons (Fsp3) is 0.121. The Morgan fingerprint density at radius 2 is 1.34 bits per heavy atom. The molecule has 0 amide bonds. The van der Waals surface area contributed by atoms with Crippen LogP contribution in [-0.4, -0.2) is 41.3 Å². The number of carboxylic acid groups (broad SMARTS) is 2. The van der Waals surface area contributed by atoms with Gasteiger partial charge in [-0.1, -0.05) is 93.1 Å². The number of carbonyl (C=O) groups excluding carboxylic acids is 1. The number of carboxylic acids is 2. The molecule has 0 aliphatic heterocycles. The zero-order chi connectivity index (χ0) is 30.6. The van der Waals surface area contributed by atoms with Gasteiger partial charge in [0, 0.05) is 6.08 Å². The molecule has 0 aromatic heterocycles. The largest absolute Gasteiger partial charge is 0.490 e. The van der Waals surface area contributed by atoms with E-state index in [0.717, 1.165) is 22.8 Å². The zero-order valence-electron chi connectivity index (χ0n) is 22.6. The number of halogens is 1. The third kappa shape index (κ3) is 14.5. The number of aliphatic carboxylic acids is 2. The number of hydrogen-bond donors (Lipinski definition) is 2. The van der Waals surface area contributed by atoms with Crippen LogP contribution < -0.4 is 4.74 Å². The lowest BCUT2D eigenvalue weighted by Crippen LogP contribution is -2.12. The van der Waals surface area contributed by atoms with Crippen LogP contribution in [0.5, 0.6) is 5.75 Å². The molecule has 0 heterocycles. The predicted octanol–water partition coefficient (Wildman–Crippen LogP) is 7.12. The normalized spacial score (nSPS) is 11.1. The standard InChI is InChI=1S/C24H21FO5.C6H8.C3H4O2/c1-16(4-5-17(2)23(26)27)19-6-8-20(9-7-19)21-10-12-22(13-11-21)29-14-15-30-24(28)18(3)25;1-2-4-6-5-3-1;1-2-3(4)5/h4-13H,1-3,14-15H2,(H,26,27);1-4H,5-6H2;2H,1H2,(H,4,5)/b5-4-;;. The van der Waals surface area contributed by atoms with Crippen LogP contribution in [0.15, 0.2) is 129 Å². The third-order valence-corrected chi connectivity index (χ3v) is 5.07. The van der Waals surface area contributed by atoms with E-state index in [0.29, 0.717) is 11.3 Å². The molecular formula is C33H33FO7. The Labute approximate surface area is 239 Å². The van der Waals surface area contributed by atoms with Crippen molar-refractivity contribution in [3.05, 3.63) is 134 Å². The summed E-state index contributed by atoms with van der Waals surface area (Å²) in [5, 5.41) is 16.4. The van der Waals surface area contributed by atoms with Gasteiger partial charge in [-0.25, -0.2) is 14.4 Å². The van der Waals surface area contributed by atoms with Gasteiger partial charge in [0.05, 0.1) is 5.57 Å². The molecule has 41 heavy (non-hydrogen) atoms. The molecule has 0 fully saturated rings. The second-order valence-electron chi connectivity index (χ2n) is 8.16. The molecule has 0 unspecified atom stereocenters. The van der Waals surface area contributed by atoms with Crippen molar-refractivity contribution in [3.8, 4) is 16.9 Å². The first kappa shape index (κ1) is 33.8. The lowest BCUT2D eigenvalue weighted by atomic mass is 10.0. The van der Waals surface area contributed by atoms with Crippen LogP contribution in [-0.2, 0) is 19.1 Å². The van der Waals surface area contributed by atoms with E-state index < -0.39 is 23.7 Å². The first-order valence-electron chi connectivity index (χ1n) is 12.4. The van der Waals surface area contributed by atoms with Gasteiger partial charge in [-0.3, -0.25) is 0 Å². The summed E-state index contributed by atoms with van der Waals surface area (Å²) in [4.78, 5) is 30.9. The van der Waals surface area contributed by atoms with Crippen molar-refractivity contribution in [2.24, 2.45) is 0 Å². The van der Waals surface area contributed by atoms with Gasteiger partial charge in [0.2, 0.25) is 5.83 Å². The summed E-state index contributed by atoms with van der Waals surface area (Å²) in [7, 11) is 0. The van der Waals surface area contributed by atoms with Crippen molar-refractivity contribution in [3.63, 3.8) is 0 Å². The van der Waals surface area contributed by atoms with Gasteiger partial charge < -0.3 is 19.7 Å². The molecule has 1 aliphatic carbocycles. The van der Waals surface area contributed by atoms with E-state index in [4.69, 9.17) is 14.9 Å². The Bertz CT molecular complexity index is 1300. The maximum atomic E-state index is 12.5. The molecule has 8 heteroatoms. The summed E-state index contributed by atoms with van der Waals surface area (Å²) >= 11 is 0. The highest BCUT2D eigenvalue weighted by molar-refractivity contribution is 5.90. The van der Waals surface area contributed by atoms with Crippen molar-refractivity contribution in [2.45, 2.75) is 12.8 Å². The Balaban J connectivity index is 0.000000636. The lowest BCUT2D eigenvalue weighted by molar-refractivity contribution is -0.141. The minimum Gasteiger partial charge on any atom is -0.490 e. The first-order valence-corrected chi connectivity index (χ1v) is 12.4. The van der Waals surface area contributed by atoms with Crippen LogP contribution in [0.2, 0.25) is 0 Å². The molecule has 0 spiro atoms. The Morgan fingerprint density at radius 3 is 1.76 bits per heavy atom. The molecule has 1 aliphatic rings. The fourth-order valence-corrected chi connectivity index (χ4v) is 2.90. The molecule has 0 saturated carbocycles. The Morgan fingerprint density at radius 1 is 0.829 bits per heavy atom. The van der Waals surface area contributed by atoms with Gasteiger partial charge in [-0.2, -0.15) is 4.39 Å². The second-order valence-corrected chi connectivity index (χ2v) is 8.16. The van der Waals surface area contributed by atoms with E-state index in [1.54, 1.807) is 18.2 Å². The van der Waals surface area contributed by atoms with Crippen molar-refractivity contribution in [1.82, 2.24) is 0 Å². The predicted molar refractivity (Wildman–Crippen MR) is 159 cm³/mol. The summed E-state index contributed by atoms with van der Waals surface area (Å²) < 4.78 is 22.5. The minimum absolute atomic E-state index is 0.0129. The molecule has 2 aromatic rings. The van der Waals surface area contributed by atoms with Crippen LogP contribution in [0.1, 0.15) is 18.4 Å². The SMILES string of the molecule is C1=CCCC=C1.C=C(F)C(=O)OCCOc1ccc(-c2ccc(C(=C)/C=C\C(=C)C(=O)O)cc2)cc1.C=CC(=O)O. The van der Waals surface area contributed by atoms with Crippen molar-refractivity contribution in [2.75, 3.05) is 13.2 Å². The maximum Gasteiger partial charge on any atom is 0.366 e. The van der Waals surface area contributed by atoms with E-state index in [9.17, 15) is 18.8 Å². The van der Waals surface area contributed by atoms with Gasteiger partial charge in [0.1, 0.15) is 19.0 Å². The number of benzene rings is 2. The summed E-state index contributed by atoms with van der Waals surface area (Å²) in [5.74, 6) is -3.71. The highest BCUT2D eigenvalue weighted by atomic mass is 19.1. The van der Waals surface area contributed by atoms with E-state index in [2.05, 4.69) is 55.4 Å². The van der Waals surface area contributed by atoms with Crippen molar-refractivity contribution < 1.29 is 38.5 Å². The number of allylic oxidation sites excluding steroid dienone is 6. The van der Waals surface area contributed by atoms with Crippen LogP contribution in [0, 0.1) is 0 Å². The molecule has 3 rings (SSSR count). The highest BCUT2D eigenvalue weighted by Crippen LogP contribution is 2.25. The maximum absolute atomic E-state index is 12.5. The smallest absolute Gasteiger partial charge is 0.366 e. The quantitative estimate of drug-likeness (QED) is 0.130. The van der Waals surface area contributed by atoms with E-state index in [-0.39, 0.29) is 18.8 Å². The zero-order valence-corrected chi connectivity index (χ0v) is 22.6. The number of esters is 1. The van der Waals surface area contributed by atoms with Crippen LogP contribution in [0.4, 0.5) is 4.39 Å². The average Bonchev–Trinajstić information content (AvgIpc) is 2.99. The van der Waals surface area contributed by atoms with Gasteiger partial charge in [0.15, 0.2) is 0 Å². The highest BCUT2D eigenvalue weighted by Gasteiger charge is 2.07. The van der Waals surface area contributed by atoms with Crippen molar-refractivity contribution in [1.29, 1.82) is 0 Å². The summed E-state index contributed by atoms with van der Waals surface area (Å²) in [6.45, 7) is 13.2. The molecule has 7 nitrogen and oxygen atoms in total. The summed E-state index contributed by atoms with van der Waals surface area (Å²) in [6, 6.07) is 15.0. The molecular weight excluding hydrogens is 527 g/mol. The second kappa shape index (κ2) is 18.9. The Kier molecular flexibility index (Phi) is 15.6. The first-order chi connectivity index (χ1) is 19.5. The van der Waals surface area contributed by atoms with Gasteiger partial charge in [-0.15, -0.1) is 0 Å². The van der Waals surface area contributed by atoms with E-state index in [1.165, 1.54) is 18.9 Å². The molecule has 0 saturated heterocycles. The molecule has 214 valence electrons. The van der Waals surface area contributed by atoms with Gasteiger partial charge >= 0.3 is 17.9 Å². The monoisotopic (exact) mass is 560 g/mol. The number of ether oxygens (including phenoxy) is 2. The fourth-order valence-electron chi connectivity index (χ4n) is 2.90. The number of carbonyl (C=O) groups is 3. The molecule has 0 atom stereocenters.